The molecule has 0 saturated heterocycles. The van der Waals surface area contributed by atoms with Crippen molar-refractivity contribution in [2.45, 2.75) is 19.4 Å². The number of aromatic amines is 1. The van der Waals surface area contributed by atoms with Crippen LogP contribution in [0.25, 0.3) is 10.9 Å². The van der Waals surface area contributed by atoms with Crippen LogP contribution in [0.3, 0.4) is 0 Å². The fourth-order valence-electron chi connectivity index (χ4n) is 2.45. The molecule has 130 valence electrons. The Balaban J connectivity index is 1.89. The number of nitro groups is 1. The van der Waals surface area contributed by atoms with Crippen LogP contribution in [0.5, 0.6) is 0 Å². The van der Waals surface area contributed by atoms with Crippen LogP contribution >= 0.6 is 0 Å². The summed E-state index contributed by atoms with van der Waals surface area (Å²) in [6, 6.07) is 8.41. The van der Waals surface area contributed by atoms with Gasteiger partial charge in [-0.2, -0.15) is 5.10 Å². The Kier molecular flexibility index (Phi) is 4.75. The molecule has 0 aliphatic carbocycles. The Morgan fingerprint density at radius 3 is 2.96 bits per heavy atom. The number of fused-ring (bicyclic) bond motifs is 1. The summed E-state index contributed by atoms with van der Waals surface area (Å²) in [6.07, 6.45) is 2.23. The van der Waals surface area contributed by atoms with Gasteiger partial charge < -0.3 is 15.7 Å². The minimum absolute atomic E-state index is 0.00548. The molecule has 25 heavy (non-hydrogen) atoms. The van der Waals surface area contributed by atoms with Crippen LogP contribution in [0, 0.1) is 10.1 Å². The molecule has 4 N–H and O–H groups in total. The molecule has 9 heteroatoms. The zero-order valence-corrected chi connectivity index (χ0v) is 13.6. The third-order valence-electron chi connectivity index (χ3n) is 3.73. The molecule has 0 aliphatic heterocycles. The van der Waals surface area contributed by atoms with Crippen LogP contribution in [-0.4, -0.2) is 37.9 Å². The summed E-state index contributed by atoms with van der Waals surface area (Å²) in [5.74, 6) is 0.646. The number of nitrogens with zero attached hydrogens (tertiary/aromatic N) is 3. The van der Waals surface area contributed by atoms with E-state index in [2.05, 4.69) is 25.8 Å². The van der Waals surface area contributed by atoms with Gasteiger partial charge in [-0.05, 0) is 37.6 Å². The SMILES string of the molecule is CC(CCO)Nc1ccc([N+](=O)[O-])c(Nc2ccc3[nH]ncc3c2)n1. The van der Waals surface area contributed by atoms with Gasteiger partial charge in [0.15, 0.2) is 0 Å². The summed E-state index contributed by atoms with van der Waals surface area (Å²) in [4.78, 5) is 15.1. The van der Waals surface area contributed by atoms with E-state index in [1.165, 1.54) is 6.07 Å². The van der Waals surface area contributed by atoms with E-state index in [-0.39, 0.29) is 24.2 Å². The molecule has 0 radical (unpaired) electrons. The van der Waals surface area contributed by atoms with Crippen molar-refractivity contribution < 1.29 is 10.0 Å². The summed E-state index contributed by atoms with van der Waals surface area (Å²) < 4.78 is 0. The maximum atomic E-state index is 11.3. The molecule has 0 fully saturated rings. The third kappa shape index (κ3) is 3.83. The highest BCUT2D eigenvalue weighted by molar-refractivity contribution is 5.83. The zero-order chi connectivity index (χ0) is 17.8. The van der Waals surface area contributed by atoms with Crippen molar-refractivity contribution in [2.24, 2.45) is 0 Å². The average molecular weight is 342 g/mol. The number of aliphatic hydroxyl groups is 1. The number of nitrogens with one attached hydrogen (secondary N) is 3. The molecular weight excluding hydrogens is 324 g/mol. The number of aliphatic hydroxyl groups excluding tert-OH is 1. The molecular formula is C16H18N6O3. The van der Waals surface area contributed by atoms with Crippen molar-refractivity contribution in [3.05, 3.63) is 46.6 Å². The highest BCUT2D eigenvalue weighted by atomic mass is 16.6. The van der Waals surface area contributed by atoms with Gasteiger partial charge in [0.25, 0.3) is 0 Å². The van der Waals surface area contributed by atoms with Crippen LogP contribution in [-0.2, 0) is 0 Å². The van der Waals surface area contributed by atoms with Gasteiger partial charge in [-0.15, -0.1) is 0 Å². The van der Waals surface area contributed by atoms with E-state index in [9.17, 15) is 10.1 Å². The number of H-pyrrole nitrogens is 1. The van der Waals surface area contributed by atoms with E-state index in [1.807, 2.05) is 19.1 Å². The van der Waals surface area contributed by atoms with E-state index >= 15 is 0 Å². The highest BCUT2D eigenvalue weighted by Gasteiger charge is 2.17. The van der Waals surface area contributed by atoms with Gasteiger partial charge in [-0.1, -0.05) is 0 Å². The fourth-order valence-corrected chi connectivity index (χ4v) is 2.45. The van der Waals surface area contributed by atoms with Crippen LogP contribution in [0.15, 0.2) is 36.5 Å². The molecule has 3 aromatic rings. The fraction of sp³-hybridized carbons (Fsp3) is 0.250. The molecule has 0 saturated carbocycles. The van der Waals surface area contributed by atoms with Crippen molar-refractivity contribution in [2.75, 3.05) is 17.2 Å². The Labute approximate surface area is 143 Å². The third-order valence-corrected chi connectivity index (χ3v) is 3.73. The Morgan fingerprint density at radius 1 is 1.36 bits per heavy atom. The number of hydrogen-bond donors (Lipinski definition) is 4. The van der Waals surface area contributed by atoms with E-state index in [1.54, 1.807) is 18.3 Å². The smallest absolute Gasteiger partial charge is 0.311 e. The van der Waals surface area contributed by atoms with Crippen molar-refractivity contribution >= 4 is 33.9 Å². The van der Waals surface area contributed by atoms with E-state index in [4.69, 9.17) is 5.11 Å². The lowest BCUT2D eigenvalue weighted by molar-refractivity contribution is -0.384. The van der Waals surface area contributed by atoms with E-state index in [0.717, 1.165) is 10.9 Å². The van der Waals surface area contributed by atoms with Gasteiger partial charge in [0, 0.05) is 29.8 Å². The molecule has 1 atom stereocenters. The largest absolute Gasteiger partial charge is 0.396 e. The molecule has 0 amide bonds. The summed E-state index contributed by atoms with van der Waals surface area (Å²) in [6.45, 7) is 1.95. The maximum Gasteiger partial charge on any atom is 0.311 e. The second-order valence-corrected chi connectivity index (χ2v) is 5.68. The van der Waals surface area contributed by atoms with E-state index in [0.29, 0.717) is 17.9 Å². The average Bonchev–Trinajstić information content (AvgIpc) is 3.02. The molecule has 9 nitrogen and oxygen atoms in total. The van der Waals surface area contributed by atoms with Gasteiger partial charge in [-0.25, -0.2) is 4.98 Å². The van der Waals surface area contributed by atoms with Gasteiger partial charge in [-0.3, -0.25) is 15.2 Å². The summed E-state index contributed by atoms with van der Waals surface area (Å²) in [5, 5.41) is 34.1. The van der Waals surface area contributed by atoms with E-state index < -0.39 is 4.92 Å². The second kappa shape index (κ2) is 7.14. The van der Waals surface area contributed by atoms with Gasteiger partial charge in [0.1, 0.15) is 5.82 Å². The molecule has 1 aromatic carbocycles. The molecule has 0 aliphatic rings. The van der Waals surface area contributed by atoms with Crippen molar-refractivity contribution in [1.29, 1.82) is 0 Å². The first-order valence-corrected chi connectivity index (χ1v) is 7.80. The topological polar surface area (TPSA) is 129 Å². The molecule has 2 aromatic heterocycles. The van der Waals surface area contributed by atoms with Gasteiger partial charge in [0.05, 0.1) is 16.6 Å². The highest BCUT2D eigenvalue weighted by Crippen LogP contribution is 2.28. The van der Waals surface area contributed by atoms with Crippen LogP contribution in [0.4, 0.5) is 23.0 Å². The standard InChI is InChI=1S/C16H18N6O3/c1-10(6-7-23)18-15-5-4-14(22(24)25)16(20-15)19-12-2-3-13-11(8-12)9-17-21-13/h2-5,8-10,23H,6-7H2,1H3,(H,17,21)(H2,18,19,20). The monoisotopic (exact) mass is 342 g/mol. The summed E-state index contributed by atoms with van der Waals surface area (Å²) in [5.41, 5.74) is 1.43. The van der Waals surface area contributed by atoms with Crippen LogP contribution in [0.1, 0.15) is 13.3 Å². The first kappa shape index (κ1) is 16.7. The molecule has 2 heterocycles. The van der Waals surface area contributed by atoms with Gasteiger partial charge >= 0.3 is 5.69 Å². The normalized spacial score (nSPS) is 12.1. The summed E-state index contributed by atoms with van der Waals surface area (Å²) >= 11 is 0. The molecule has 1 unspecified atom stereocenters. The quantitative estimate of drug-likeness (QED) is 0.384. The number of hydrogen-bond acceptors (Lipinski definition) is 7. The van der Waals surface area contributed by atoms with Crippen LogP contribution < -0.4 is 10.6 Å². The maximum absolute atomic E-state index is 11.3. The lowest BCUT2D eigenvalue weighted by atomic mass is 10.2. The number of aromatic nitrogens is 3. The minimum atomic E-state index is -0.480. The first-order chi connectivity index (χ1) is 12.1. The molecule has 0 bridgehead atoms. The lowest BCUT2D eigenvalue weighted by Crippen LogP contribution is -2.17. The number of pyridine rings is 1. The number of rotatable bonds is 7. The lowest BCUT2D eigenvalue weighted by Gasteiger charge is -2.14. The minimum Gasteiger partial charge on any atom is -0.396 e. The number of benzene rings is 1. The van der Waals surface area contributed by atoms with Crippen molar-refractivity contribution in [3.8, 4) is 0 Å². The van der Waals surface area contributed by atoms with Crippen molar-refractivity contribution in [1.82, 2.24) is 15.2 Å². The Hall–Kier alpha value is -3.20. The Bertz CT molecular complexity index is 894. The summed E-state index contributed by atoms with van der Waals surface area (Å²) in [7, 11) is 0. The predicted octanol–water partition coefficient (Wildman–Crippen LogP) is 2.79. The zero-order valence-electron chi connectivity index (χ0n) is 13.6. The van der Waals surface area contributed by atoms with Crippen LogP contribution in [0.2, 0.25) is 0 Å². The first-order valence-electron chi connectivity index (χ1n) is 7.80. The van der Waals surface area contributed by atoms with Gasteiger partial charge in [0.2, 0.25) is 5.82 Å². The predicted molar refractivity (Wildman–Crippen MR) is 95.1 cm³/mol. The Morgan fingerprint density at radius 2 is 2.20 bits per heavy atom. The molecule has 0 spiro atoms. The van der Waals surface area contributed by atoms with Crippen molar-refractivity contribution in [3.63, 3.8) is 0 Å². The second-order valence-electron chi connectivity index (χ2n) is 5.68. The number of anilines is 3. The molecule has 3 rings (SSSR count).